The number of hydrogen-bond acceptors (Lipinski definition) is 2. The molecule has 0 aliphatic carbocycles. The molecular formula is C11H18N2. The molecule has 0 spiro atoms. The van der Waals surface area contributed by atoms with Gasteiger partial charge < -0.3 is 11.1 Å². The van der Waals surface area contributed by atoms with E-state index in [0.717, 1.165) is 11.4 Å². The van der Waals surface area contributed by atoms with Gasteiger partial charge in [0.05, 0.1) is 11.4 Å². The lowest BCUT2D eigenvalue weighted by molar-refractivity contribution is 0.634. The van der Waals surface area contributed by atoms with Crippen LogP contribution in [-0.2, 0) is 0 Å². The van der Waals surface area contributed by atoms with Crippen molar-refractivity contribution in [2.45, 2.75) is 33.2 Å². The summed E-state index contributed by atoms with van der Waals surface area (Å²) in [6, 6.07) is 6.02. The Balaban J connectivity index is 2.94. The standard InChI is InChI=1S/C11H18N2/c1-8-5-6-9(12)10(7-8)13-11(2,3)4/h5-7,13H,12H2,1-4H3. The monoisotopic (exact) mass is 178 g/mol. The molecule has 0 amide bonds. The van der Waals surface area contributed by atoms with Crippen molar-refractivity contribution < 1.29 is 0 Å². The summed E-state index contributed by atoms with van der Waals surface area (Å²) in [5.74, 6) is 0. The smallest absolute Gasteiger partial charge is 0.0580 e. The highest BCUT2D eigenvalue weighted by Gasteiger charge is 2.10. The Morgan fingerprint density at radius 1 is 1.23 bits per heavy atom. The number of nitrogen functional groups attached to an aromatic ring is 1. The van der Waals surface area contributed by atoms with E-state index in [4.69, 9.17) is 5.73 Å². The van der Waals surface area contributed by atoms with Crippen LogP contribution < -0.4 is 11.1 Å². The van der Waals surface area contributed by atoms with E-state index in [1.165, 1.54) is 5.56 Å². The number of anilines is 2. The van der Waals surface area contributed by atoms with Crippen molar-refractivity contribution in [1.82, 2.24) is 0 Å². The zero-order chi connectivity index (χ0) is 10.1. The van der Waals surface area contributed by atoms with Gasteiger partial charge in [0, 0.05) is 5.54 Å². The largest absolute Gasteiger partial charge is 0.397 e. The molecule has 72 valence electrons. The van der Waals surface area contributed by atoms with Gasteiger partial charge in [-0.1, -0.05) is 6.07 Å². The molecule has 0 atom stereocenters. The van der Waals surface area contributed by atoms with E-state index in [9.17, 15) is 0 Å². The van der Waals surface area contributed by atoms with E-state index in [0.29, 0.717) is 0 Å². The van der Waals surface area contributed by atoms with Crippen molar-refractivity contribution in [1.29, 1.82) is 0 Å². The van der Waals surface area contributed by atoms with Crippen LogP contribution in [0.5, 0.6) is 0 Å². The van der Waals surface area contributed by atoms with Gasteiger partial charge in [0.2, 0.25) is 0 Å². The lowest BCUT2D eigenvalue weighted by Gasteiger charge is -2.23. The maximum absolute atomic E-state index is 5.83. The van der Waals surface area contributed by atoms with Crippen LogP contribution in [0.4, 0.5) is 11.4 Å². The molecule has 1 rings (SSSR count). The van der Waals surface area contributed by atoms with E-state index in [1.807, 2.05) is 12.1 Å². The van der Waals surface area contributed by atoms with Gasteiger partial charge in [-0.2, -0.15) is 0 Å². The maximum atomic E-state index is 5.83. The molecular weight excluding hydrogens is 160 g/mol. The Bertz CT molecular complexity index is 297. The van der Waals surface area contributed by atoms with Crippen LogP contribution >= 0.6 is 0 Å². The lowest BCUT2D eigenvalue weighted by Crippen LogP contribution is -2.26. The molecule has 0 unspecified atom stereocenters. The first-order valence-corrected chi connectivity index (χ1v) is 4.53. The molecule has 0 bridgehead atoms. The molecule has 0 aliphatic rings. The summed E-state index contributed by atoms with van der Waals surface area (Å²) in [6.45, 7) is 8.42. The molecule has 0 heterocycles. The number of benzene rings is 1. The predicted octanol–water partition coefficient (Wildman–Crippen LogP) is 2.79. The zero-order valence-electron chi connectivity index (χ0n) is 8.81. The fourth-order valence-corrected chi connectivity index (χ4v) is 1.18. The molecule has 1 aromatic rings. The first-order chi connectivity index (χ1) is 5.88. The Labute approximate surface area is 80.1 Å². The molecule has 0 saturated heterocycles. The summed E-state index contributed by atoms with van der Waals surface area (Å²) in [4.78, 5) is 0. The highest BCUT2D eigenvalue weighted by Crippen LogP contribution is 2.22. The second kappa shape index (κ2) is 3.29. The van der Waals surface area contributed by atoms with Crippen molar-refractivity contribution in [3.8, 4) is 0 Å². The predicted molar refractivity (Wildman–Crippen MR) is 59.0 cm³/mol. The van der Waals surface area contributed by atoms with E-state index >= 15 is 0 Å². The van der Waals surface area contributed by atoms with Crippen LogP contribution in [0.1, 0.15) is 26.3 Å². The lowest BCUT2D eigenvalue weighted by atomic mass is 10.1. The first-order valence-electron chi connectivity index (χ1n) is 4.53. The van der Waals surface area contributed by atoms with E-state index in [-0.39, 0.29) is 5.54 Å². The third-order valence-electron chi connectivity index (χ3n) is 1.72. The number of rotatable bonds is 1. The fourth-order valence-electron chi connectivity index (χ4n) is 1.18. The summed E-state index contributed by atoms with van der Waals surface area (Å²) in [5.41, 5.74) is 8.94. The minimum absolute atomic E-state index is 0.0575. The van der Waals surface area contributed by atoms with Crippen LogP contribution in [0, 0.1) is 6.92 Å². The van der Waals surface area contributed by atoms with Crippen LogP contribution in [0.15, 0.2) is 18.2 Å². The minimum Gasteiger partial charge on any atom is -0.397 e. The van der Waals surface area contributed by atoms with Crippen LogP contribution in [0.3, 0.4) is 0 Å². The molecule has 2 nitrogen and oxygen atoms in total. The fraction of sp³-hybridized carbons (Fsp3) is 0.455. The van der Waals surface area contributed by atoms with Gasteiger partial charge in [-0.25, -0.2) is 0 Å². The average Bonchev–Trinajstić information content (AvgIpc) is 1.94. The quantitative estimate of drug-likeness (QED) is 0.649. The molecule has 0 aromatic heterocycles. The van der Waals surface area contributed by atoms with Gasteiger partial charge >= 0.3 is 0 Å². The van der Waals surface area contributed by atoms with Crippen molar-refractivity contribution in [2.24, 2.45) is 0 Å². The highest BCUT2D eigenvalue weighted by molar-refractivity contribution is 5.67. The van der Waals surface area contributed by atoms with Crippen LogP contribution in [-0.4, -0.2) is 5.54 Å². The zero-order valence-corrected chi connectivity index (χ0v) is 8.81. The first kappa shape index (κ1) is 9.90. The highest BCUT2D eigenvalue weighted by atomic mass is 15.0. The Morgan fingerprint density at radius 3 is 2.38 bits per heavy atom. The molecule has 0 radical (unpaired) electrons. The summed E-state index contributed by atoms with van der Waals surface area (Å²) >= 11 is 0. The second-order valence-corrected chi connectivity index (χ2v) is 4.47. The molecule has 3 N–H and O–H groups in total. The van der Waals surface area contributed by atoms with Gasteiger partial charge in [-0.05, 0) is 45.4 Å². The number of nitrogens with one attached hydrogen (secondary N) is 1. The average molecular weight is 178 g/mol. The van der Waals surface area contributed by atoms with Gasteiger partial charge in [-0.15, -0.1) is 0 Å². The summed E-state index contributed by atoms with van der Waals surface area (Å²) < 4.78 is 0. The number of aryl methyl sites for hydroxylation is 1. The third kappa shape index (κ3) is 2.98. The SMILES string of the molecule is Cc1ccc(N)c(NC(C)(C)C)c1. The van der Waals surface area contributed by atoms with Gasteiger partial charge in [0.1, 0.15) is 0 Å². The molecule has 0 fully saturated rings. The molecule has 0 saturated carbocycles. The Kier molecular flexibility index (Phi) is 2.50. The second-order valence-electron chi connectivity index (χ2n) is 4.47. The minimum atomic E-state index is 0.0575. The Hall–Kier alpha value is -1.18. The molecule has 2 heteroatoms. The summed E-state index contributed by atoms with van der Waals surface area (Å²) in [6.07, 6.45) is 0. The third-order valence-corrected chi connectivity index (χ3v) is 1.72. The summed E-state index contributed by atoms with van der Waals surface area (Å²) in [7, 11) is 0. The number of hydrogen-bond donors (Lipinski definition) is 2. The Morgan fingerprint density at radius 2 is 1.85 bits per heavy atom. The maximum Gasteiger partial charge on any atom is 0.0580 e. The van der Waals surface area contributed by atoms with Gasteiger partial charge in [0.25, 0.3) is 0 Å². The molecule has 0 aliphatic heterocycles. The van der Waals surface area contributed by atoms with Crippen LogP contribution in [0.25, 0.3) is 0 Å². The van der Waals surface area contributed by atoms with Crippen molar-refractivity contribution >= 4 is 11.4 Å². The van der Waals surface area contributed by atoms with Crippen molar-refractivity contribution in [3.63, 3.8) is 0 Å². The van der Waals surface area contributed by atoms with E-state index in [2.05, 4.69) is 39.1 Å². The molecule has 1 aromatic carbocycles. The van der Waals surface area contributed by atoms with Gasteiger partial charge in [0.15, 0.2) is 0 Å². The number of nitrogens with two attached hydrogens (primary N) is 1. The molecule has 13 heavy (non-hydrogen) atoms. The normalized spacial score (nSPS) is 11.4. The van der Waals surface area contributed by atoms with Gasteiger partial charge in [-0.3, -0.25) is 0 Å². The van der Waals surface area contributed by atoms with Crippen LogP contribution in [0.2, 0.25) is 0 Å². The van der Waals surface area contributed by atoms with E-state index < -0.39 is 0 Å². The summed E-state index contributed by atoms with van der Waals surface area (Å²) in [5, 5.41) is 3.37. The van der Waals surface area contributed by atoms with E-state index in [1.54, 1.807) is 0 Å². The van der Waals surface area contributed by atoms with Crippen molar-refractivity contribution in [2.75, 3.05) is 11.1 Å². The van der Waals surface area contributed by atoms with Crippen molar-refractivity contribution in [3.05, 3.63) is 23.8 Å². The topological polar surface area (TPSA) is 38.0 Å².